The van der Waals surface area contributed by atoms with E-state index in [-0.39, 0.29) is 5.75 Å². The summed E-state index contributed by atoms with van der Waals surface area (Å²) in [6.45, 7) is 0. The average Bonchev–Trinajstić information content (AvgIpc) is 2.72. The highest BCUT2D eigenvalue weighted by Crippen LogP contribution is 2.21. The van der Waals surface area contributed by atoms with Crippen molar-refractivity contribution in [3.8, 4) is 5.75 Å². The van der Waals surface area contributed by atoms with Crippen LogP contribution in [-0.2, 0) is 0 Å². The van der Waals surface area contributed by atoms with Gasteiger partial charge in [0, 0.05) is 27.8 Å². The van der Waals surface area contributed by atoms with Gasteiger partial charge in [-0.25, -0.2) is 9.98 Å². The van der Waals surface area contributed by atoms with E-state index < -0.39 is 0 Å². The Bertz CT molecular complexity index is 482. The molecule has 1 heterocycles. The molecule has 0 spiro atoms. The maximum Gasteiger partial charge on any atom is 0.209 e. The first-order valence-electron chi connectivity index (χ1n) is 4.18. The Labute approximate surface area is 99.3 Å². The van der Waals surface area contributed by atoms with Gasteiger partial charge in [0.1, 0.15) is 5.75 Å². The zero-order chi connectivity index (χ0) is 10.7. The number of benzene rings is 1. The molecule has 3 nitrogen and oxygen atoms in total. The Morgan fingerprint density at radius 3 is 3.07 bits per heavy atom. The lowest BCUT2D eigenvalue weighted by Crippen LogP contribution is -1.81. The zero-order valence-corrected chi connectivity index (χ0v) is 9.99. The van der Waals surface area contributed by atoms with Gasteiger partial charge >= 0.3 is 0 Å². The van der Waals surface area contributed by atoms with Crippen LogP contribution in [0.4, 0.5) is 5.13 Å². The minimum atomic E-state index is 0.207. The number of phenols is 1. The predicted octanol–water partition coefficient (Wildman–Crippen LogP) is 3.36. The second-order valence-electron chi connectivity index (χ2n) is 2.78. The molecule has 0 amide bonds. The number of halogens is 1. The summed E-state index contributed by atoms with van der Waals surface area (Å²) in [5.41, 5.74) is 0.666. The molecule has 15 heavy (non-hydrogen) atoms. The third-order valence-corrected chi connectivity index (χ3v) is 2.90. The van der Waals surface area contributed by atoms with Gasteiger partial charge in [-0.3, -0.25) is 0 Å². The molecule has 0 aliphatic heterocycles. The highest BCUT2D eigenvalue weighted by atomic mass is 79.9. The normalized spacial score (nSPS) is 11.0. The minimum absolute atomic E-state index is 0.207. The first-order valence-corrected chi connectivity index (χ1v) is 5.85. The number of aromatic hydroxyl groups is 1. The number of nitrogens with zero attached hydrogens (tertiary/aromatic N) is 2. The van der Waals surface area contributed by atoms with Gasteiger partial charge in [0.15, 0.2) is 0 Å². The number of aromatic nitrogens is 1. The van der Waals surface area contributed by atoms with E-state index in [9.17, 15) is 5.11 Å². The van der Waals surface area contributed by atoms with Crippen molar-refractivity contribution in [3.05, 3.63) is 39.8 Å². The first-order chi connectivity index (χ1) is 7.25. The van der Waals surface area contributed by atoms with Crippen molar-refractivity contribution in [3.63, 3.8) is 0 Å². The van der Waals surface area contributed by atoms with E-state index in [2.05, 4.69) is 25.9 Å². The smallest absolute Gasteiger partial charge is 0.209 e. The number of thiazole rings is 1. The van der Waals surface area contributed by atoms with Crippen LogP contribution in [0.25, 0.3) is 0 Å². The Kier molecular flexibility index (Phi) is 3.13. The fourth-order valence-electron chi connectivity index (χ4n) is 1.03. The lowest BCUT2D eigenvalue weighted by atomic mass is 10.2. The largest absolute Gasteiger partial charge is 0.507 e. The molecule has 0 saturated heterocycles. The number of hydrogen-bond acceptors (Lipinski definition) is 4. The third-order valence-electron chi connectivity index (χ3n) is 1.72. The van der Waals surface area contributed by atoms with Gasteiger partial charge in [-0.15, -0.1) is 11.3 Å². The van der Waals surface area contributed by atoms with Crippen molar-refractivity contribution in [2.24, 2.45) is 4.99 Å². The van der Waals surface area contributed by atoms with Crippen molar-refractivity contribution >= 4 is 38.6 Å². The molecule has 0 radical (unpaired) electrons. The van der Waals surface area contributed by atoms with Crippen LogP contribution in [0.2, 0.25) is 0 Å². The second kappa shape index (κ2) is 4.55. The van der Waals surface area contributed by atoms with Crippen LogP contribution in [-0.4, -0.2) is 16.3 Å². The molecule has 5 heteroatoms. The van der Waals surface area contributed by atoms with Gasteiger partial charge < -0.3 is 5.11 Å². The molecular weight excluding hydrogens is 276 g/mol. The summed E-state index contributed by atoms with van der Waals surface area (Å²) in [5.74, 6) is 0.207. The van der Waals surface area contributed by atoms with Crippen LogP contribution in [0, 0.1) is 0 Å². The van der Waals surface area contributed by atoms with E-state index in [1.165, 1.54) is 11.3 Å². The van der Waals surface area contributed by atoms with E-state index in [0.717, 1.165) is 4.47 Å². The molecule has 0 saturated carbocycles. The van der Waals surface area contributed by atoms with Gasteiger partial charge in [-0.1, -0.05) is 15.9 Å². The monoisotopic (exact) mass is 282 g/mol. The van der Waals surface area contributed by atoms with Crippen LogP contribution in [0.3, 0.4) is 0 Å². The lowest BCUT2D eigenvalue weighted by Gasteiger charge is -1.97. The summed E-state index contributed by atoms with van der Waals surface area (Å²) in [6.07, 6.45) is 3.29. The summed E-state index contributed by atoms with van der Waals surface area (Å²) < 4.78 is 0.904. The Morgan fingerprint density at radius 1 is 1.47 bits per heavy atom. The third kappa shape index (κ3) is 2.64. The van der Waals surface area contributed by atoms with Gasteiger partial charge in [-0.2, -0.15) is 0 Å². The summed E-state index contributed by atoms with van der Waals surface area (Å²) >= 11 is 4.78. The Balaban J connectivity index is 2.27. The molecule has 2 aromatic rings. The maximum absolute atomic E-state index is 9.53. The van der Waals surface area contributed by atoms with Crippen molar-refractivity contribution in [2.75, 3.05) is 0 Å². The molecule has 0 aliphatic carbocycles. The zero-order valence-electron chi connectivity index (χ0n) is 7.59. The fraction of sp³-hybridized carbons (Fsp3) is 0. The molecule has 76 valence electrons. The van der Waals surface area contributed by atoms with Crippen LogP contribution in [0.1, 0.15) is 5.56 Å². The molecule has 1 aromatic heterocycles. The maximum atomic E-state index is 9.53. The molecule has 1 N–H and O–H groups in total. The van der Waals surface area contributed by atoms with Gasteiger partial charge in [-0.05, 0) is 18.2 Å². The molecule has 0 bridgehead atoms. The highest BCUT2D eigenvalue weighted by Gasteiger charge is 1.98. The molecular formula is C10H7BrN2OS. The van der Waals surface area contributed by atoms with Crippen molar-refractivity contribution in [2.45, 2.75) is 0 Å². The number of aliphatic imine (C=N–C) groups is 1. The van der Waals surface area contributed by atoms with Crippen LogP contribution in [0.15, 0.2) is 39.2 Å². The summed E-state index contributed by atoms with van der Waals surface area (Å²) in [6, 6.07) is 5.19. The van der Waals surface area contributed by atoms with Crippen LogP contribution < -0.4 is 0 Å². The van der Waals surface area contributed by atoms with Gasteiger partial charge in [0.05, 0.1) is 0 Å². The summed E-state index contributed by atoms with van der Waals surface area (Å²) in [5, 5.41) is 12.1. The SMILES string of the molecule is Oc1ccc(Br)cc1C=Nc1nccs1. The average molecular weight is 283 g/mol. The summed E-state index contributed by atoms with van der Waals surface area (Å²) in [7, 11) is 0. The number of rotatable bonds is 2. The molecule has 2 rings (SSSR count). The standard InChI is InChI=1S/C10H7BrN2OS/c11-8-1-2-9(14)7(5-8)6-13-10-12-3-4-15-10/h1-6,14H. The second-order valence-corrected chi connectivity index (χ2v) is 4.56. The van der Waals surface area contributed by atoms with E-state index in [0.29, 0.717) is 10.7 Å². The molecule has 0 unspecified atom stereocenters. The van der Waals surface area contributed by atoms with E-state index in [1.807, 2.05) is 5.38 Å². The van der Waals surface area contributed by atoms with Crippen molar-refractivity contribution < 1.29 is 5.11 Å². The van der Waals surface area contributed by atoms with Gasteiger partial charge in [0.2, 0.25) is 5.13 Å². The van der Waals surface area contributed by atoms with Crippen LogP contribution >= 0.6 is 27.3 Å². The minimum Gasteiger partial charge on any atom is -0.507 e. The van der Waals surface area contributed by atoms with Gasteiger partial charge in [0.25, 0.3) is 0 Å². The molecule has 0 aliphatic rings. The summed E-state index contributed by atoms with van der Waals surface area (Å²) in [4.78, 5) is 8.15. The van der Waals surface area contributed by atoms with E-state index >= 15 is 0 Å². The highest BCUT2D eigenvalue weighted by molar-refractivity contribution is 9.10. The topological polar surface area (TPSA) is 45.5 Å². The Morgan fingerprint density at radius 2 is 2.33 bits per heavy atom. The molecule has 0 fully saturated rings. The number of hydrogen-bond donors (Lipinski definition) is 1. The molecule has 1 aromatic carbocycles. The first kappa shape index (κ1) is 10.3. The predicted molar refractivity (Wildman–Crippen MR) is 65.2 cm³/mol. The quantitative estimate of drug-likeness (QED) is 0.859. The molecule has 0 atom stereocenters. The van der Waals surface area contributed by atoms with Crippen molar-refractivity contribution in [1.82, 2.24) is 4.98 Å². The number of phenolic OH excluding ortho intramolecular Hbond substituents is 1. The lowest BCUT2D eigenvalue weighted by molar-refractivity contribution is 0.474. The fourth-order valence-corrected chi connectivity index (χ4v) is 1.89. The Hall–Kier alpha value is -1.20. The van der Waals surface area contributed by atoms with E-state index in [4.69, 9.17) is 0 Å². The van der Waals surface area contributed by atoms with Crippen molar-refractivity contribution in [1.29, 1.82) is 0 Å². The van der Waals surface area contributed by atoms with Crippen LogP contribution in [0.5, 0.6) is 5.75 Å². The van der Waals surface area contributed by atoms with E-state index in [1.54, 1.807) is 30.6 Å².